The highest BCUT2D eigenvalue weighted by atomic mass is 32.1. The first kappa shape index (κ1) is 17.0. The number of fused-ring (bicyclic) bond motifs is 2. The molecule has 2 aliphatic carbocycles. The highest BCUT2D eigenvalue weighted by Crippen LogP contribution is 2.52. The monoisotopic (exact) mass is 351 g/mol. The van der Waals surface area contributed by atoms with E-state index in [9.17, 15) is 19.5 Å². The van der Waals surface area contributed by atoms with Gasteiger partial charge in [0.25, 0.3) is 0 Å². The van der Waals surface area contributed by atoms with E-state index in [1.165, 1.54) is 18.4 Å². The SMILES string of the molecule is CCc1cc(C(=O)OC)c(NC(=O)[C@H]2[C@@H]3CC[C@H](C3)[C@@H]2C(=O)O)s1. The number of thiophene rings is 1. The van der Waals surface area contributed by atoms with Crippen molar-refractivity contribution in [2.24, 2.45) is 23.7 Å². The van der Waals surface area contributed by atoms with E-state index in [1.54, 1.807) is 6.07 Å². The number of carboxylic acids is 1. The van der Waals surface area contributed by atoms with E-state index >= 15 is 0 Å². The molecule has 6 nitrogen and oxygen atoms in total. The molecule has 7 heteroatoms. The lowest BCUT2D eigenvalue weighted by atomic mass is 9.79. The van der Waals surface area contributed by atoms with Gasteiger partial charge in [0.15, 0.2) is 0 Å². The van der Waals surface area contributed by atoms with Crippen LogP contribution in [0.5, 0.6) is 0 Å². The van der Waals surface area contributed by atoms with Crippen LogP contribution in [0.3, 0.4) is 0 Å². The molecule has 0 saturated heterocycles. The molecule has 130 valence electrons. The second-order valence-corrected chi connectivity index (χ2v) is 7.65. The topological polar surface area (TPSA) is 92.7 Å². The van der Waals surface area contributed by atoms with Gasteiger partial charge in [0.2, 0.25) is 5.91 Å². The first-order valence-electron chi connectivity index (χ1n) is 8.20. The van der Waals surface area contributed by atoms with Gasteiger partial charge >= 0.3 is 11.9 Å². The fourth-order valence-electron chi connectivity index (χ4n) is 4.19. The summed E-state index contributed by atoms with van der Waals surface area (Å²) in [6, 6.07) is 1.72. The molecule has 0 radical (unpaired) electrons. The number of nitrogens with one attached hydrogen (secondary N) is 1. The third kappa shape index (κ3) is 2.81. The van der Waals surface area contributed by atoms with Crippen molar-refractivity contribution in [1.82, 2.24) is 0 Å². The molecule has 2 N–H and O–H groups in total. The number of aliphatic carboxylic acids is 1. The summed E-state index contributed by atoms with van der Waals surface area (Å²) >= 11 is 1.34. The number of anilines is 1. The summed E-state index contributed by atoms with van der Waals surface area (Å²) in [6.45, 7) is 1.97. The molecule has 0 aromatic carbocycles. The average molecular weight is 351 g/mol. The highest BCUT2D eigenvalue weighted by molar-refractivity contribution is 7.16. The predicted molar refractivity (Wildman–Crippen MR) is 89.1 cm³/mol. The number of amides is 1. The third-order valence-corrected chi connectivity index (χ3v) is 6.47. The summed E-state index contributed by atoms with van der Waals surface area (Å²) in [7, 11) is 1.30. The number of esters is 1. The molecule has 1 aromatic rings. The summed E-state index contributed by atoms with van der Waals surface area (Å²) in [5.41, 5.74) is 0.336. The van der Waals surface area contributed by atoms with Gasteiger partial charge < -0.3 is 15.2 Å². The van der Waals surface area contributed by atoms with E-state index < -0.39 is 23.8 Å². The molecule has 4 atom stereocenters. The second kappa shape index (κ2) is 6.55. The zero-order valence-corrected chi connectivity index (χ0v) is 14.5. The molecule has 0 aliphatic heterocycles. The van der Waals surface area contributed by atoms with Gasteiger partial charge in [-0.3, -0.25) is 9.59 Å². The summed E-state index contributed by atoms with van der Waals surface area (Å²) in [5.74, 6) is -2.58. The van der Waals surface area contributed by atoms with E-state index in [0.29, 0.717) is 10.6 Å². The van der Waals surface area contributed by atoms with Gasteiger partial charge in [-0.15, -0.1) is 11.3 Å². The van der Waals surface area contributed by atoms with Crippen molar-refractivity contribution in [3.05, 3.63) is 16.5 Å². The van der Waals surface area contributed by atoms with Crippen molar-refractivity contribution in [1.29, 1.82) is 0 Å². The minimum Gasteiger partial charge on any atom is -0.481 e. The maximum absolute atomic E-state index is 12.8. The molecule has 3 rings (SSSR count). The molecule has 2 bridgehead atoms. The van der Waals surface area contributed by atoms with Crippen LogP contribution in [0.15, 0.2) is 6.07 Å². The predicted octanol–water partition coefficient (Wildman–Crippen LogP) is 2.78. The maximum atomic E-state index is 12.8. The molecule has 2 fully saturated rings. The summed E-state index contributed by atoms with van der Waals surface area (Å²) in [6.07, 6.45) is 3.35. The fourth-order valence-corrected chi connectivity index (χ4v) is 5.18. The van der Waals surface area contributed by atoms with Crippen LogP contribution in [0.4, 0.5) is 5.00 Å². The lowest BCUT2D eigenvalue weighted by Crippen LogP contribution is -2.37. The lowest BCUT2D eigenvalue weighted by molar-refractivity contribution is -0.148. The Labute approximate surface area is 144 Å². The van der Waals surface area contributed by atoms with Gasteiger partial charge in [0.1, 0.15) is 5.00 Å². The standard InChI is InChI=1S/C17H21NO5S/c1-3-10-7-11(17(22)23-2)15(24-10)18-14(19)12-8-4-5-9(6-8)13(12)16(20)21/h7-9,12-13H,3-6H2,1-2H3,(H,18,19)(H,20,21)/t8-,9-,12+,13+/m1/s1. The van der Waals surface area contributed by atoms with Gasteiger partial charge in [-0.05, 0) is 43.6 Å². The number of hydrogen-bond acceptors (Lipinski definition) is 5. The molecule has 0 spiro atoms. The number of methoxy groups -OCH3 is 1. The van der Waals surface area contributed by atoms with Gasteiger partial charge in [0.05, 0.1) is 24.5 Å². The number of carbonyl (C=O) groups excluding carboxylic acids is 2. The summed E-state index contributed by atoms with van der Waals surface area (Å²) < 4.78 is 4.77. The second-order valence-electron chi connectivity index (χ2n) is 6.51. The fraction of sp³-hybridized carbons (Fsp3) is 0.588. The van der Waals surface area contributed by atoms with E-state index in [1.807, 2.05) is 6.92 Å². The number of carbonyl (C=O) groups is 3. The van der Waals surface area contributed by atoms with Crippen LogP contribution in [0.1, 0.15) is 41.4 Å². The Morgan fingerprint density at radius 3 is 2.54 bits per heavy atom. The smallest absolute Gasteiger partial charge is 0.340 e. The molecule has 2 saturated carbocycles. The Morgan fingerprint density at radius 1 is 1.29 bits per heavy atom. The number of ether oxygens (including phenoxy) is 1. The van der Waals surface area contributed by atoms with Gasteiger partial charge in [-0.2, -0.15) is 0 Å². The van der Waals surface area contributed by atoms with Crippen molar-refractivity contribution in [2.75, 3.05) is 12.4 Å². The van der Waals surface area contributed by atoms with Crippen LogP contribution in [0.25, 0.3) is 0 Å². The molecular weight excluding hydrogens is 330 g/mol. The van der Waals surface area contributed by atoms with Gasteiger partial charge in [-0.1, -0.05) is 6.92 Å². The Kier molecular flexibility index (Phi) is 4.62. The number of carboxylic acid groups (broad SMARTS) is 1. The van der Waals surface area contributed by atoms with Crippen molar-refractivity contribution in [2.45, 2.75) is 32.6 Å². The Hall–Kier alpha value is -1.89. The Bertz CT molecular complexity index is 683. The van der Waals surface area contributed by atoms with Crippen molar-refractivity contribution < 1.29 is 24.2 Å². The quantitative estimate of drug-likeness (QED) is 0.796. The molecule has 2 aliphatic rings. The maximum Gasteiger partial charge on any atom is 0.340 e. The Balaban J connectivity index is 1.83. The van der Waals surface area contributed by atoms with E-state index in [0.717, 1.165) is 30.6 Å². The van der Waals surface area contributed by atoms with E-state index in [-0.39, 0.29) is 17.7 Å². The molecule has 1 aromatic heterocycles. The minimum absolute atomic E-state index is 0.0952. The van der Waals surface area contributed by atoms with Gasteiger partial charge in [-0.25, -0.2) is 4.79 Å². The third-order valence-electron chi connectivity index (χ3n) is 5.28. The first-order valence-corrected chi connectivity index (χ1v) is 9.02. The average Bonchev–Trinajstić information content (AvgIpc) is 3.27. The van der Waals surface area contributed by atoms with E-state index in [2.05, 4.69) is 5.32 Å². The number of aryl methyl sites for hydroxylation is 1. The lowest BCUT2D eigenvalue weighted by Gasteiger charge is -2.26. The zero-order chi connectivity index (χ0) is 17.4. The minimum atomic E-state index is -0.893. The van der Waals surface area contributed by atoms with Crippen molar-refractivity contribution in [3.63, 3.8) is 0 Å². The summed E-state index contributed by atoms with van der Waals surface area (Å²) in [4.78, 5) is 37.2. The van der Waals surface area contributed by atoms with Crippen LogP contribution < -0.4 is 5.32 Å². The number of rotatable bonds is 5. The zero-order valence-electron chi connectivity index (χ0n) is 13.7. The normalized spacial score (nSPS) is 27.9. The van der Waals surface area contributed by atoms with Crippen LogP contribution in [-0.4, -0.2) is 30.1 Å². The molecule has 24 heavy (non-hydrogen) atoms. The van der Waals surface area contributed by atoms with Crippen molar-refractivity contribution >= 4 is 34.2 Å². The van der Waals surface area contributed by atoms with Crippen LogP contribution in [0.2, 0.25) is 0 Å². The largest absolute Gasteiger partial charge is 0.481 e. The molecular formula is C17H21NO5S. The highest BCUT2D eigenvalue weighted by Gasteiger charge is 2.54. The van der Waals surface area contributed by atoms with Crippen LogP contribution >= 0.6 is 11.3 Å². The Morgan fingerprint density at radius 2 is 1.96 bits per heavy atom. The van der Waals surface area contributed by atoms with Crippen LogP contribution in [0, 0.1) is 23.7 Å². The molecule has 0 unspecified atom stereocenters. The molecule has 1 heterocycles. The first-order chi connectivity index (χ1) is 11.5. The van der Waals surface area contributed by atoms with Crippen LogP contribution in [-0.2, 0) is 20.7 Å². The van der Waals surface area contributed by atoms with E-state index in [4.69, 9.17) is 4.74 Å². The number of hydrogen-bond donors (Lipinski definition) is 2. The summed E-state index contributed by atoms with van der Waals surface area (Å²) in [5, 5.41) is 12.8. The molecule has 1 amide bonds. The van der Waals surface area contributed by atoms with Crippen molar-refractivity contribution in [3.8, 4) is 0 Å². The van der Waals surface area contributed by atoms with Gasteiger partial charge in [0, 0.05) is 4.88 Å².